The minimum Gasteiger partial charge on any atom is -0.324 e. The highest BCUT2D eigenvalue weighted by atomic mass is 14.6. The van der Waals surface area contributed by atoms with Crippen LogP contribution in [0.25, 0.3) is 11.1 Å². The molecule has 0 radical (unpaired) electrons. The summed E-state index contributed by atoms with van der Waals surface area (Å²) in [4.78, 5) is 0. The molecule has 1 aliphatic rings. The summed E-state index contributed by atoms with van der Waals surface area (Å²) in [5.41, 5.74) is 13.1. The topological polar surface area (TPSA) is 26.0 Å². The number of hydrogen-bond acceptors (Lipinski definition) is 1. The molecular weight excluding hydrogens is 218 g/mol. The summed E-state index contributed by atoms with van der Waals surface area (Å²) in [5, 5.41) is 0. The van der Waals surface area contributed by atoms with E-state index in [4.69, 9.17) is 5.73 Å². The highest BCUT2D eigenvalue weighted by molar-refractivity contribution is 5.76. The molecule has 0 spiro atoms. The summed E-state index contributed by atoms with van der Waals surface area (Å²) in [7, 11) is 0. The van der Waals surface area contributed by atoms with Crippen LogP contribution < -0.4 is 5.73 Å². The van der Waals surface area contributed by atoms with Crippen LogP contribution in [0, 0.1) is 0 Å². The highest BCUT2D eigenvalue weighted by Gasteiger charge is 2.18. The zero-order chi connectivity index (χ0) is 12.5. The van der Waals surface area contributed by atoms with Gasteiger partial charge in [-0.15, -0.1) is 0 Å². The van der Waals surface area contributed by atoms with Crippen molar-refractivity contribution in [3.8, 4) is 11.1 Å². The van der Waals surface area contributed by atoms with Crippen LogP contribution in [0.1, 0.15) is 42.5 Å². The van der Waals surface area contributed by atoms with Crippen molar-refractivity contribution in [2.24, 2.45) is 5.73 Å². The molecule has 0 aliphatic heterocycles. The van der Waals surface area contributed by atoms with Crippen molar-refractivity contribution in [2.45, 2.75) is 32.2 Å². The van der Waals surface area contributed by atoms with E-state index in [2.05, 4.69) is 49.4 Å². The fourth-order valence-corrected chi connectivity index (χ4v) is 2.87. The minimum absolute atomic E-state index is 0.184. The molecule has 0 unspecified atom stereocenters. The predicted octanol–water partition coefficient (Wildman–Crippen LogP) is 4.06. The van der Waals surface area contributed by atoms with E-state index in [9.17, 15) is 0 Å². The molecule has 92 valence electrons. The first kappa shape index (κ1) is 11.5. The molecule has 0 amide bonds. The average molecular weight is 237 g/mol. The van der Waals surface area contributed by atoms with E-state index in [1.807, 2.05) is 0 Å². The van der Waals surface area contributed by atoms with Gasteiger partial charge in [0.25, 0.3) is 0 Å². The average Bonchev–Trinajstić information content (AvgIpc) is 2.76. The third kappa shape index (κ3) is 1.85. The highest BCUT2D eigenvalue weighted by Crippen LogP contribution is 2.37. The normalized spacial score (nSPS) is 14.1. The van der Waals surface area contributed by atoms with Crippen LogP contribution in [0.5, 0.6) is 0 Å². The Kier molecular flexibility index (Phi) is 2.92. The zero-order valence-electron chi connectivity index (χ0n) is 10.8. The van der Waals surface area contributed by atoms with Gasteiger partial charge in [-0.2, -0.15) is 0 Å². The first-order valence-electron chi connectivity index (χ1n) is 6.76. The SMILES string of the molecule is CCC[C@H](N)c1ccc2c(c1)Cc1ccccc1-2. The number of hydrogen-bond donors (Lipinski definition) is 1. The number of fused-ring (bicyclic) bond motifs is 3. The molecule has 2 N–H and O–H groups in total. The fourth-order valence-electron chi connectivity index (χ4n) is 2.87. The largest absolute Gasteiger partial charge is 0.324 e. The van der Waals surface area contributed by atoms with Gasteiger partial charge in [0.15, 0.2) is 0 Å². The maximum absolute atomic E-state index is 6.20. The van der Waals surface area contributed by atoms with E-state index in [1.54, 1.807) is 0 Å². The van der Waals surface area contributed by atoms with Crippen LogP contribution in [0.4, 0.5) is 0 Å². The van der Waals surface area contributed by atoms with Crippen LogP contribution >= 0.6 is 0 Å². The maximum atomic E-state index is 6.20. The lowest BCUT2D eigenvalue weighted by Gasteiger charge is -2.12. The molecule has 0 fully saturated rings. The van der Waals surface area contributed by atoms with Gasteiger partial charge < -0.3 is 5.73 Å². The number of benzene rings is 2. The molecule has 0 saturated heterocycles. The first-order valence-corrected chi connectivity index (χ1v) is 6.76. The van der Waals surface area contributed by atoms with E-state index in [0.717, 1.165) is 19.3 Å². The molecule has 1 nitrogen and oxygen atoms in total. The Hall–Kier alpha value is -1.60. The third-order valence-electron chi connectivity index (χ3n) is 3.85. The second-order valence-electron chi connectivity index (χ2n) is 5.15. The minimum atomic E-state index is 0.184. The van der Waals surface area contributed by atoms with Gasteiger partial charge in [-0.3, -0.25) is 0 Å². The summed E-state index contributed by atoms with van der Waals surface area (Å²) in [5.74, 6) is 0. The Morgan fingerprint density at radius 2 is 1.83 bits per heavy atom. The molecule has 2 aromatic rings. The molecule has 0 heterocycles. The third-order valence-corrected chi connectivity index (χ3v) is 3.85. The Morgan fingerprint density at radius 1 is 1.06 bits per heavy atom. The van der Waals surface area contributed by atoms with Gasteiger partial charge in [0.1, 0.15) is 0 Å². The number of nitrogens with two attached hydrogens (primary N) is 1. The first-order chi connectivity index (χ1) is 8.79. The molecule has 1 atom stereocenters. The Labute approximate surface area is 109 Å². The maximum Gasteiger partial charge on any atom is 0.0294 e. The number of rotatable bonds is 3. The van der Waals surface area contributed by atoms with Crippen molar-refractivity contribution < 1.29 is 0 Å². The van der Waals surface area contributed by atoms with E-state index < -0.39 is 0 Å². The Bertz CT molecular complexity index is 572. The fraction of sp³-hybridized carbons (Fsp3) is 0.294. The molecule has 2 aromatic carbocycles. The van der Waals surface area contributed by atoms with Gasteiger partial charge >= 0.3 is 0 Å². The van der Waals surface area contributed by atoms with Crippen molar-refractivity contribution in [3.63, 3.8) is 0 Å². The summed E-state index contributed by atoms with van der Waals surface area (Å²) < 4.78 is 0. The van der Waals surface area contributed by atoms with E-state index in [1.165, 1.54) is 27.8 Å². The standard InChI is InChI=1S/C17H19N/c1-2-5-17(18)13-8-9-16-14(11-13)10-12-6-3-4-7-15(12)16/h3-4,6-9,11,17H,2,5,10,18H2,1H3/t17-/m0/s1. The summed E-state index contributed by atoms with van der Waals surface area (Å²) in [6, 6.07) is 15.6. The molecular formula is C17H19N. The Morgan fingerprint density at radius 3 is 2.67 bits per heavy atom. The van der Waals surface area contributed by atoms with Crippen molar-refractivity contribution >= 4 is 0 Å². The van der Waals surface area contributed by atoms with Crippen LogP contribution in [0.2, 0.25) is 0 Å². The summed E-state index contributed by atoms with van der Waals surface area (Å²) in [6.07, 6.45) is 3.25. The van der Waals surface area contributed by atoms with Gasteiger partial charge in [0.2, 0.25) is 0 Å². The second kappa shape index (κ2) is 4.58. The van der Waals surface area contributed by atoms with Crippen molar-refractivity contribution in [2.75, 3.05) is 0 Å². The lowest BCUT2D eigenvalue weighted by atomic mass is 9.98. The van der Waals surface area contributed by atoms with Gasteiger partial charge in [0, 0.05) is 6.04 Å². The summed E-state index contributed by atoms with van der Waals surface area (Å²) >= 11 is 0. The van der Waals surface area contributed by atoms with Gasteiger partial charge in [0.05, 0.1) is 0 Å². The molecule has 0 saturated carbocycles. The molecule has 1 aliphatic carbocycles. The quantitative estimate of drug-likeness (QED) is 0.730. The molecule has 1 heteroatoms. The van der Waals surface area contributed by atoms with E-state index >= 15 is 0 Å². The Balaban J connectivity index is 1.98. The predicted molar refractivity (Wildman–Crippen MR) is 76.5 cm³/mol. The molecule has 0 aromatic heterocycles. The summed E-state index contributed by atoms with van der Waals surface area (Å²) in [6.45, 7) is 2.18. The van der Waals surface area contributed by atoms with E-state index in [-0.39, 0.29) is 6.04 Å². The monoisotopic (exact) mass is 237 g/mol. The van der Waals surface area contributed by atoms with E-state index in [0.29, 0.717) is 0 Å². The van der Waals surface area contributed by atoms with Gasteiger partial charge in [-0.25, -0.2) is 0 Å². The van der Waals surface area contributed by atoms with Crippen molar-refractivity contribution in [1.29, 1.82) is 0 Å². The van der Waals surface area contributed by atoms with Crippen LogP contribution in [-0.2, 0) is 6.42 Å². The van der Waals surface area contributed by atoms with Crippen LogP contribution in [-0.4, -0.2) is 0 Å². The van der Waals surface area contributed by atoms with Crippen molar-refractivity contribution in [3.05, 3.63) is 59.2 Å². The second-order valence-corrected chi connectivity index (χ2v) is 5.15. The zero-order valence-corrected chi connectivity index (χ0v) is 10.8. The smallest absolute Gasteiger partial charge is 0.0294 e. The molecule has 18 heavy (non-hydrogen) atoms. The lowest BCUT2D eigenvalue weighted by molar-refractivity contribution is 0.638. The lowest BCUT2D eigenvalue weighted by Crippen LogP contribution is -2.09. The van der Waals surface area contributed by atoms with Gasteiger partial charge in [-0.1, -0.05) is 55.8 Å². The van der Waals surface area contributed by atoms with Crippen LogP contribution in [0.3, 0.4) is 0 Å². The van der Waals surface area contributed by atoms with Crippen LogP contribution in [0.15, 0.2) is 42.5 Å². The van der Waals surface area contributed by atoms with Gasteiger partial charge in [-0.05, 0) is 40.7 Å². The molecule has 0 bridgehead atoms. The van der Waals surface area contributed by atoms with Crippen molar-refractivity contribution in [1.82, 2.24) is 0 Å². The molecule has 3 rings (SSSR count).